The molecule has 0 radical (unpaired) electrons. The third-order valence-electron chi connectivity index (χ3n) is 3.72. The lowest BCUT2D eigenvalue weighted by Crippen LogP contribution is -2.45. The Morgan fingerprint density at radius 3 is 2.25 bits per heavy atom. The van der Waals surface area contributed by atoms with Gasteiger partial charge in [-0.25, -0.2) is 0 Å². The van der Waals surface area contributed by atoms with E-state index in [2.05, 4.69) is 0 Å². The minimum Gasteiger partial charge on any atom is -0.389 e. The normalized spacial score (nSPS) is 30.1. The Labute approximate surface area is 97.8 Å². The number of hydrogen-bond donors (Lipinski definition) is 2. The molecule has 0 saturated heterocycles. The molecule has 0 heterocycles. The van der Waals surface area contributed by atoms with Crippen LogP contribution in [0.3, 0.4) is 0 Å². The van der Waals surface area contributed by atoms with Gasteiger partial charge in [-0.2, -0.15) is 0 Å². The van der Waals surface area contributed by atoms with Crippen molar-refractivity contribution in [2.75, 3.05) is 19.6 Å². The summed E-state index contributed by atoms with van der Waals surface area (Å²) in [7, 11) is 0. The second-order valence-corrected chi connectivity index (χ2v) is 4.71. The number of nitrogens with zero attached hydrogens (tertiary/aromatic N) is 1. The first-order valence-electron chi connectivity index (χ1n) is 6.27. The van der Waals surface area contributed by atoms with Gasteiger partial charge in [0.05, 0.1) is 5.60 Å². The van der Waals surface area contributed by atoms with Gasteiger partial charge in [-0.15, -0.1) is 0 Å². The maximum absolute atomic E-state index is 12.1. The van der Waals surface area contributed by atoms with Crippen molar-refractivity contribution < 1.29 is 9.90 Å². The van der Waals surface area contributed by atoms with E-state index in [1.807, 2.05) is 18.7 Å². The Balaban J connectivity index is 2.50. The van der Waals surface area contributed by atoms with Gasteiger partial charge in [0.25, 0.3) is 0 Å². The molecule has 1 rings (SSSR count). The number of aliphatic hydroxyl groups is 1. The van der Waals surface area contributed by atoms with E-state index in [9.17, 15) is 9.90 Å². The van der Waals surface area contributed by atoms with Gasteiger partial charge in [-0.1, -0.05) is 0 Å². The first-order chi connectivity index (χ1) is 7.56. The summed E-state index contributed by atoms with van der Waals surface area (Å²) in [5, 5.41) is 9.98. The van der Waals surface area contributed by atoms with Crippen LogP contribution in [0.25, 0.3) is 0 Å². The van der Waals surface area contributed by atoms with E-state index in [1.54, 1.807) is 0 Å². The third kappa shape index (κ3) is 2.95. The molecule has 0 aromatic heterocycles. The SMILES string of the molecule is CCN(CC)C(=O)C1CCC(O)(CN)CC1. The second-order valence-electron chi connectivity index (χ2n) is 4.71. The fourth-order valence-corrected chi connectivity index (χ4v) is 2.40. The summed E-state index contributed by atoms with van der Waals surface area (Å²) >= 11 is 0. The van der Waals surface area contributed by atoms with Crippen LogP contribution in [0.4, 0.5) is 0 Å². The van der Waals surface area contributed by atoms with Gasteiger partial charge < -0.3 is 15.7 Å². The van der Waals surface area contributed by atoms with Crippen molar-refractivity contribution >= 4 is 5.91 Å². The van der Waals surface area contributed by atoms with Gasteiger partial charge in [-0.3, -0.25) is 4.79 Å². The lowest BCUT2D eigenvalue weighted by Gasteiger charge is -2.36. The minimum absolute atomic E-state index is 0.0896. The van der Waals surface area contributed by atoms with Crippen LogP contribution in [0.2, 0.25) is 0 Å². The van der Waals surface area contributed by atoms with E-state index < -0.39 is 5.60 Å². The maximum Gasteiger partial charge on any atom is 0.225 e. The molecule has 0 atom stereocenters. The van der Waals surface area contributed by atoms with Crippen LogP contribution in [0, 0.1) is 5.92 Å². The van der Waals surface area contributed by atoms with Gasteiger partial charge in [0.1, 0.15) is 0 Å². The molecule has 1 saturated carbocycles. The van der Waals surface area contributed by atoms with Crippen molar-refractivity contribution in [3.8, 4) is 0 Å². The first kappa shape index (κ1) is 13.5. The molecule has 4 nitrogen and oxygen atoms in total. The van der Waals surface area contributed by atoms with Crippen molar-refractivity contribution in [2.45, 2.75) is 45.1 Å². The van der Waals surface area contributed by atoms with Crippen LogP contribution in [0.1, 0.15) is 39.5 Å². The lowest BCUT2D eigenvalue weighted by atomic mass is 9.78. The van der Waals surface area contributed by atoms with Gasteiger partial charge in [-0.05, 0) is 39.5 Å². The standard InChI is InChI=1S/C12H24N2O2/c1-3-14(4-2)11(15)10-5-7-12(16,9-13)8-6-10/h10,16H,3-9,13H2,1-2H3. The van der Waals surface area contributed by atoms with Gasteiger partial charge in [0, 0.05) is 25.6 Å². The summed E-state index contributed by atoms with van der Waals surface area (Å²) in [6, 6.07) is 0. The summed E-state index contributed by atoms with van der Waals surface area (Å²) in [6.07, 6.45) is 2.84. The molecule has 16 heavy (non-hydrogen) atoms. The number of amides is 1. The minimum atomic E-state index is -0.722. The molecular formula is C12H24N2O2. The summed E-state index contributed by atoms with van der Waals surface area (Å²) in [5.74, 6) is 0.329. The zero-order valence-electron chi connectivity index (χ0n) is 10.4. The van der Waals surface area contributed by atoms with E-state index in [0.717, 1.165) is 25.9 Å². The highest BCUT2D eigenvalue weighted by atomic mass is 16.3. The van der Waals surface area contributed by atoms with Crippen molar-refractivity contribution in [3.63, 3.8) is 0 Å². The van der Waals surface area contributed by atoms with Gasteiger partial charge in [0.2, 0.25) is 5.91 Å². The number of hydrogen-bond acceptors (Lipinski definition) is 3. The zero-order valence-corrected chi connectivity index (χ0v) is 10.4. The smallest absolute Gasteiger partial charge is 0.225 e. The van der Waals surface area contributed by atoms with Crippen LogP contribution < -0.4 is 5.73 Å². The fraction of sp³-hybridized carbons (Fsp3) is 0.917. The molecule has 0 unspecified atom stereocenters. The van der Waals surface area contributed by atoms with Gasteiger partial charge >= 0.3 is 0 Å². The van der Waals surface area contributed by atoms with Crippen LogP contribution in [-0.4, -0.2) is 41.1 Å². The molecule has 1 aliphatic rings. The van der Waals surface area contributed by atoms with Crippen molar-refractivity contribution in [1.82, 2.24) is 4.90 Å². The van der Waals surface area contributed by atoms with E-state index in [4.69, 9.17) is 5.73 Å². The van der Waals surface area contributed by atoms with E-state index in [0.29, 0.717) is 19.4 Å². The largest absolute Gasteiger partial charge is 0.389 e. The Morgan fingerprint density at radius 1 is 1.38 bits per heavy atom. The molecule has 3 N–H and O–H groups in total. The highest BCUT2D eigenvalue weighted by Gasteiger charge is 2.35. The van der Waals surface area contributed by atoms with Crippen LogP contribution >= 0.6 is 0 Å². The molecule has 0 aromatic carbocycles. The molecular weight excluding hydrogens is 204 g/mol. The number of rotatable bonds is 4. The average molecular weight is 228 g/mol. The van der Waals surface area contributed by atoms with Crippen LogP contribution in [-0.2, 0) is 4.79 Å². The fourth-order valence-electron chi connectivity index (χ4n) is 2.40. The summed E-state index contributed by atoms with van der Waals surface area (Å²) < 4.78 is 0. The molecule has 1 amide bonds. The first-order valence-corrected chi connectivity index (χ1v) is 6.27. The highest BCUT2D eigenvalue weighted by molar-refractivity contribution is 5.78. The Bertz CT molecular complexity index is 231. The van der Waals surface area contributed by atoms with Crippen molar-refractivity contribution in [1.29, 1.82) is 0 Å². The highest BCUT2D eigenvalue weighted by Crippen LogP contribution is 2.32. The summed E-state index contributed by atoms with van der Waals surface area (Å²) in [6.45, 7) is 5.85. The molecule has 0 spiro atoms. The molecule has 1 aliphatic carbocycles. The van der Waals surface area contributed by atoms with E-state index in [-0.39, 0.29) is 11.8 Å². The predicted molar refractivity (Wildman–Crippen MR) is 63.9 cm³/mol. The third-order valence-corrected chi connectivity index (χ3v) is 3.72. The monoisotopic (exact) mass is 228 g/mol. The van der Waals surface area contributed by atoms with E-state index in [1.165, 1.54) is 0 Å². The Kier molecular flexibility index (Phi) is 4.74. The number of carbonyl (C=O) groups excluding carboxylic acids is 1. The summed E-state index contributed by atoms with van der Waals surface area (Å²) in [4.78, 5) is 13.9. The number of nitrogens with two attached hydrogens (primary N) is 1. The maximum atomic E-state index is 12.1. The molecule has 0 bridgehead atoms. The molecule has 0 aromatic rings. The Hall–Kier alpha value is -0.610. The predicted octanol–water partition coefficient (Wildman–Crippen LogP) is 0.735. The molecule has 4 heteroatoms. The second kappa shape index (κ2) is 5.64. The number of carbonyl (C=O) groups is 1. The molecule has 1 fully saturated rings. The topological polar surface area (TPSA) is 66.6 Å². The quantitative estimate of drug-likeness (QED) is 0.745. The van der Waals surface area contributed by atoms with Gasteiger partial charge in [0.15, 0.2) is 0 Å². The lowest BCUT2D eigenvalue weighted by molar-refractivity contribution is -0.138. The zero-order chi connectivity index (χ0) is 12.2. The van der Waals surface area contributed by atoms with E-state index >= 15 is 0 Å². The average Bonchev–Trinajstić information content (AvgIpc) is 2.31. The van der Waals surface area contributed by atoms with Crippen molar-refractivity contribution in [2.24, 2.45) is 11.7 Å². The van der Waals surface area contributed by atoms with Crippen LogP contribution in [0.5, 0.6) is 0 Å². The molecule has 0 aliphatic heterocycles. The molecule has 94 valence electrons. The Morgan fingerprint density at radius 2 is 1.88 bits per heavy atom. The van der Waals surface area contributed by atoms with Crippen molar-refractivity contribution in [3.05, 3.63) is 0 Å². The summed E-state index contributed by atoms with van der Waals surface area (Å²) in [5.41, 5.74) is 4.80. The van der Waals surface area contributed by atoms with Crippen LogP contribution in [0.15, 0.2) is 0 Å².